The molecule has 0 saturated carbocycles. The van der Waals surface area contributed by atoms with Gasteiger partial charge < -0.3 is 4.90 Å². The average molecular weight is 295 g/mol. The number of hydrogen-bond acceptors (Lipinski definition) is 7. The minimum atomic E-state index is 0.415. The first-order valence-corrected chi connectivity index (χ1v) is 8.12. The molecule has 0 amide bonds. The topological polar surface area (TPSA) is 45.2 Å². The number of anilines is 1. The molecule has 1 saturated heterocycles. The zero-order chi connectivity index (χ0) is 13.2. The Bertz CT molecular complexity index is 516. The van der Waals surface area contributed by atoms with Crippen molar-refractivity contribution < 1.29 is 0 Å². The molecular weight excluding hydrogens is 278 g/mol. The maximum Gasteiger partial charge on any atom is 0.208 e. The van der Waals surface area contributed by atoms with Crippen molar-refractivity contribution in [2.75, 3.05) is 31.1 Å². The van der Waals surface area contributed by atoms with E-state index in [1.165, 1.54) is 5.01 Å². The molecule has 0 aliphatic carbocycles. The Morgan fingerprint density at radius 2 is 2.00 bits per heavy atom. The Labute approximate surface area is 120 Å². The smallest absolute Gasteiger partial charge is 0.208 e. The fourth-order valence-corrected chi connectivity index (χ4v) is 3.78. The lowest BCUT2D eigenvalue weighted by atomic mass is 10.2. The number of rotatable bonds is 3. The lowest BCUT2D eigenvalue weighted by Gasteiger charge is -2.37. The molecule has 0 bridgehead atoms. The highest BCUT2D eigenvalue weighted by Gasteiger charge is 2.24. The summed E-state index contributed by atoms with van der Waals surface area (Å²) in [6, 6.07) is 0.415. The van der Waals surface area contributed by atoms with Crippen LogP contribution in [0.15, 0.2) is 11.6 Å². The first-order chi connectivity index (χ1) is 9.24. The molecule has 3 heterocycles. The summed E-state index contributed by atoms with van der Waals surface area (Å²) in [6.07, 6.45) is 1.89. The molecular formula is C12H17N5S2. The van der Waals surface area contributed by atoms with Gasteiger partial charge in [0.25, 0.3) is 0 Å². The number of thiazole rings is 1. The van der Waals surface area contributed by atoms with Crippen molar-refractivity contribution >= 4 is 27.8 Å². The van der Waals surface area contributed by atoms with E-state index in [1.54, 1.807) is 22.7 Å². The van der Waals surface area contributed by atoms with Crippen LogP contribution in [-0.2, 0) is 0 Å². The number of aryl methyl sites for hydroxylation is 1. The van der Waals surface area contributed by atoms with Crippen LogP contribution >= 0.6 is 22.7 Å². The monoisotopic (exact) mass is 295 g/mol. The van der Waals surface area contributed by atoms with E-state index in [9.17, 15) is 0 Å². The van der Waals surface area contributed by atoms with Crippen molar-refractivity contribution in [1.82, 2.24) is 20.1 Å². The van der Waals surface area contributed by atoms with Crippen molar-refractivity contribution in [3.8, 4) is 0 Å². The Hall–Kier alpha value is -1.05. The SMILES string of the molecule is Cc1nnc(N2CCN(C(C)c3nccs3)CC2)s1. The summed E-state index contributed by atoms with van der Waals surface area (Å²) in [7, 11) is 0. The molecule has 1 aliphatic heterocycles. The lowest BCUT2D eigenvalue weighted by molar-refractivity contribution is 0.198. The first kappa shape index (κ1) is 13.0. The van der Waals surface area contributed by atoms with Gasteiger partial charge in [0.1, 0.15) is 10.0 Å². The van der Waals surface area contributed by atoms with Crippen molar-refractivity contribution in [1.29, 1.82) is 0 Å². The normalized spacial score (nSPS) is 18.7. The second-order valence-corrected chi connectivity index (χ2v) is 6.76. The maximum absolute atomic E-state index is 4.41. The van der Waals surface area contributed by atoms with Gasteiger partial charge in [-0.15, -0.1) is 21.5 Å². The summed E-state index contributed by atoms with van der Waals surface area (Å²) in [4.78, 5) is 9.23. The third-order valence-electron chi connectivity index (χ3n) is 3.46. The quantitative estimate of drug-likeness (QED) is 0.868. The van der Waals surface area contributed by atoms with Gasteiger partial charge in [0.2, 0.25) is 5.13 Å². The van der Waals surface area contributed by atoms with Gasteiger partial charge in [-0.1, -0.05) is 11.3 Å². The molecule has 2 aromatic heterocycles. The largest absolute Gasteiger partial charge is 0.344 e. The van der Waals surface area contributed by atoms with E-state index in [0.717, 1.165) is 36.3 Å². The molecule has 0 radical (unpaired) electrons. The minimum absolute atomic E-state index is 0.415. The highest BCUT2D eigenvalue weighted by atomic mass is 32.1. The predicted molar refractivity (Wildman–Crippen MR) is 79.0 cm³/mol. The second-order valence-electron chi connectivity index (χ2n) is 4.67. The van der Waals surface area contributed by atoms with Crippen LogP contribution in [0, 0.1) is 6.92 Å². The van der Waals surface area contributed by atoms with Crippen LogP contribution in [0.4, 0.5) is 5.13 Å². The van der Waals surface area contributed by atoms with Gasteiger partial charge in [0.05, 0.1) is 6.04 Å². The van der Waals surface area contributed by atoms with Crippen molar-refractivity contribution in [3.05, 3.63) is 21.6 Å². The Morgan fingerprint density at radius 3 is 2.58 bits per heavy atom. The summed E-state index contributed by atoms with van der Waals surface area (Å²) < 4.78 is 0. The molecule has 19 heavy (non-hydrogen) atoms. The van der Waals surface area contributed by atoms with E-state index in [-0.39, 0.29) is 0 Å². The molecule has 102 valence electrons. The molecule has 5 nitrogen and oxygen atoms in total. The highest BCUT2D eigenvalue weighted by molar-refractivity contribution is 7.15. The molecule has 7 heteroatoms. The van der Waals surface area contributed by atoms with Crippen LogP contribution in [0.5, 0.6) is 0 Å². The van der Waals surface area contributed by atoms with Gasteiger partial charge in [0, 0.05) is 37.8 Å². The van der Waals surface area contributed by atoms with Gasteiger partial charge >= 0.3 is 0 Å². The summed E-state index contributed by atoms with van der Waals surface area (Å²) in [5.74, 6) is 0. The molecule has 1 fully saturated rings. The third-order valence-corrected chi connectivity index (χ3v) is 5.30. The van der Waals surface area contributed by atoms with E-state index < -0.39 is 0 Å². The fraction of sp³-hybridized carbons (Fsp3) is 0.583. The van der Waals surface area contributed by atoms with Gasteiger partial charge in [-0.25, -0.2) is 4.98 Å². The zero-order valence-corrected chi connectivity index (χ0v) is 12.7. The van der Waals surface area contributed by atoms with E-state index in [0.29, 0.717) is 6.04 Å². The average Bonchev–Trinajstić information content (AvgIpc) is 3.09. The second kappa shape index (κ2) is 5.52. The van der Waals surface area contributed by atoms with Crippen LogP contribution in [0.25, 0.3) is 0 Å². The summed E-state index contributed by atoms with van der Waals surface area (Å²) in [6.45, 7) is 8.39. The van der Waals surface area contributed by atoms with Gasteiger partial charge in [-0.3, -0.25) is 4.90 Å². The molecule has 1 aliphatic rings. The van der Waals surface area contributed by atoms with Crippen LogP contribution in [0.1, 0.15) is 23.0 Å². The molecule has 0 aromatic carbocycles. The van der Waals surface area contributed by atoms with Gasteiger partial charge in [-0.05, 0) is 13.8 Å². The lowest BCUT2D eigenvalue weighted by Crippen LogP contribution is -2.47. The van der Waals surface area contributed by atoms with E-state index in [4.69, 9.17) is 0 Å². The summed E-state index contributed by atoms with van der Waals surface area (Å²) in [5, 5.41) is 13.7. The number of piperazine rings is 1. The predicted octanol–water partition coefficient (Wildman–Crippen LogP) is 2.19. The molecule has 0 spiro atoms. The standard InChI is InChI=1S/C12H17N5S2/c1-9(11-13-3-8-18-11)16-4-6-17(7-5-16)12-15-14-10(2)19-12/h3,8-9H,4-7H2,1-2H3. The number of nitrogens with zero attached hydrogens (tertiary/aromatic N) is 5. The van der Waals surface area contributed by atoms with Crippen LogP contribution in [-0.4, -0.2) is 46.3 Å². The zero-order valence-electron chi connectivity index (χ0n) is 11.1. The third kappa shape index (κ3) is 2.77. The molecule has 1 unspecified atom stereocenters. The first-order valence-electron chi connectivity index (χ1n) is 6.42. The van der Waals surface area contributed by atoms with Crippen molar-refractivity contribution in [2.24, 2.45) is 0 Å². The van der Waals surface area contributed by atoms with Crippen LogP contribution in [0.3, 0.4) is 0 Å². The molecule has 0 N–H and O–H groups in total. The Balaban J connectivity index is 1.60. The Morgan fingerprint density at radius 1 is 1.21 bits per heavy atom. The van der Waals surface area contributed by atoms with Crippen molar-refractivity contribution in [3.63, 3.8) is 0 Å². The molecule has 2 aromatic rings. The van der Waals surface area contributed by atoms with Crippen LogP contribution < -0.4 is 4.90 Å². The summed E-state index contributed by atoms with van der Waals surface area (Å²) >= 11 is 3.42. The maximum atomic E-state index is 4.41. The van der Waals surface area contributed by atoms with Crippen molar-refractivity contribution in [2.45, 2.75) is 19.9 Å². The van der Waals surface area contributed by atoms with E-state index in [1.807, 2.05) is 18.5 Å². The molecule has 1 atom stereocenters. The minimum Gasteiger partial charge on any atom is -0.344 e. The fourth-order valence-electron chi connectivity index (χ4n) is 2.31. The van der Waals surface area contributed by atoms with Gasteiger partial charge in [0.15, 0.2) is 0 Å². The summed E-state index contributed by atoms with van der Waals surface area (Å²) in [5.41, 5.74) is 0. The molecule has 3 rings (SSSR count). The number of hydrogen-bond donors (Lipinski definition) is 0. The van der Waals surface area contributed by atoms with E-state index >= 15 is 0 Å². The van der Waals surface area contributed by atoms with Crippen LogP contribution in [0.2, 0.25) is 0 Å². The number of aromatic nitrogens is 3. The van der Waals surface area contributed by atoms with Gasteiger partial charge in [-0.2, -0.15) is 0 Å². The highest BCUT2D eigenvalue weighted by Crippen LogP contribution is 2.26. The Kier molecular flexibility index (Phi) is 3.76. The van der Waals surface area contributed by atoms with E-state index in [2.05, 4.69) is 31.9 Å².